The molecule has 0 spiro atoms. The quantitative estimate of drug-likeness (QED) is 0.726. The second-order valence-electron chi connectivity index (χ2n) is 3.61. The molecule has 0 atom stereocenters. The summed E-state index contributed by atoms with van der Waals surface area (Å²) in [5, 5.41) is 19.0. The van der Waals surface area contributed by atoms with Crippen molar-refractivity contribution >= 4 is 0 Å². The van der Waals surface area contributed by atoms with Gasteiger partial charge in [-0.3, -0.25) is 0 Å². The molecule has 0 saturated carbocycles. The smallest absolute Gasteiger partial charge is 0.160 e. The number of hydrogen-bond acceptors (Lipinski definition) is 2. The highest BCUT2D eigenvalue weighted by Crippen LogP contribution is 2.34. The summed E-state index contributed by atoms with van der Waals surface area (Å²) in [6, 6.07) is 1.67. The number of aryl methyl sites for hydroxylation is 1. The van der Waals surface area contributed by atoms with Crippen LogP contribution in [0.3, 0.4) is 0 Å². The first-order chi connectivity index (χ1) is 6.61. The molecule has 0 unspecified atom stereocenters. The zero-order chi connectivity index (χ0) is 10.7. The van der Waals surface area contributed by atoms with E-state index in [4.69, 9.17) is 0 Å². The standard InChI is InChI=1S/C12H18O2/c1-4-6-10-8(3)12(14)11(13)7-9(10)5-2/h7,13-14H,4-6H2,1-3H3. The molecule has 0 aliphatic rings. The highest BCUT2D eigenvalue weighted by atomic mass is 16.3. The lowest BCUT2D eigenvalue weighted by molar-refractivity contribution is 0.399. The third-order valence-corrected chi connectivity index (χ3v) is 2.63. The summed E-state index contributed by atoms with van der Waals surface area (Å²) in [6.07, 6.45) is 2.91. The van der Waals surface area contributed by atoms with Crippen LogP contribution in [0.15, 0.2) is 6.07 Å². The van der Waals surface area contributed by atoms with Crippen LogP contribution in [0.1, 0.15) is 37.0 Å². The van der Waals surface area contributed by atoms with Gasteiger partial charge in [0.2, 0.25) is 0 Å². The SMILES string of the molecule is CCCc1c(CC)cc(O)c(O)c1C. The summed E-state index contributed by atoms with van der Waals surface area (Å²) in [7, 11) is 0. The van der Waals surface area contributed by atoms with Gasteiger partial charge in [0.05, 0.1) is 0 Å². The lowest BCUT2D eigenvalue weighted by Gasteiger charge is -2.13. The molecule has 0 aromatic heterocycles. The van der Waals surface area contributed by atoms with Crippen LogP contribution in [0, 0.1) is 6.92 Å². The van der Waals surface area contributed by atoms with Crippen molar-refractivity contribution in [1.29, 1.82) is 0 Å². The van der Waals surface area contributed by atoms with Crippen molar-refractivity contribution in [2.75, 3.05) is 0 Å². The summed E-state index contributed by atoms with van der Waals surface area (Å²) in [5.74, 6) is 0.0323. The molecule has 2 heteroatoms. The number of phenolic OH excluding ortho intramolecular Hbond substituents is 2. The molecule has 0 bridgehead atoms. The molecule has 2 nitrogen and oxygen atoms in total. The molecular weight excluding hydrogens is 176 g/mol. The maximum atomic E-state index is 9.58. The lowest BCUT2D eigenvalue weighted by Crippen LogP contribution is -1.96. The molecule has 0 radical (unpaired) electrons. The van der Waals surface area contributed by atoms with Crippen molar-refractivity contribution in [2.45, 2.75) is 40.0 Å². The Labute approximate surface area is 85.2 Å². The Morgan fingerprint density at radius 2 is 1.86 bits per heavy atom. The van der Waals surface area contributed by atoms with E-state index in [0.29, 0.717) is 0 Å². The van der Waals surface area contributed by atoms with Crippen LogP contribution in [0.25, 0.3) is 0 Å². The first-order valence-electron chi connectivity index (χ1n) is 5.15. The van der Waals surface area contributed by atoms with Gasteiger partial charge in [-0.1, -0.05) is 20.3 Å². The minimum Gasteiger partial charge on any atom is -0.504 e. The minimum atomic E-state index is -0.000738. The predicted molar refractivity (Wildman–Crippen MR) is 57.9 cm³/mol. The maximum Gasteiger partial charge on any atom is 0.160 e. The van der Waals surface area contributed by atoms with E-state index in [1.807, 2.05) is 6.92 Å². The molecule has 0 fully saturated rings. The van der Waals surface area contributed by atoms with E-state index in [-0.39, 0.29) is 11.5 Å². The van der Waals surface area contributed by atoms with Gasteiger partial charge in [-0.15, -0.1) is 0 Å². The fourth-order valence-corrected chi connectivity index (χ4v) is 1.81. The molecule has 0 heterocycles. The lowest BCUT2D eigenvalue weighted by atomic mass is 9.95. The topological polar surface area (TPSA) is 40.5 Å². The van der Waals surface area contributed by atoms with Gasteiger partial charge in [0.15, 0.2) is 11.5 Å². The zero-order valence-electron chi connectivity index (χ0n) is 9.09. The van der Waals surface area contributed by atoms with Gasteiger partial charge in [-0.2, -0.15) is 0 Å². The summed E-state index contributed by atoms with van der Waals surface area (Å²) in [6.45, 7) is 6.03. The first-order valence-corrected chi connectivity index (χ1v) is 5.15. The van der Waals surface area contributed by atoms with Gasteiger partial charge in [-0.25, -0.2) is 0 Å². The molecular formula is C12H18O2. The Morgan fingerprint density at radius 3 is 2.36 bits per heavy atom. The molecule has 1 aromatic rings. The molecule has 0 amide bonds. The molecule has 78 valence electrons. The van der Waals surface area contributed by atoms with Crippen LogP contribution in [-0.2, 0) is 12.8 Å². The summed E-state index contributed by atoms with van der Waals surface area (Å²) < 4.78 is 0. The number of rotatable bonds is 3. The van der Waals surface area contributed by atoms with Crippen molar-refractivity contribution in [3.05, 3.63) is 22.8 Å². The second-order valence-corrected chi connectivity index (χ2v) is 3.61. The molecule has 1 rings (SSSR count). The number of hydrogen-bond donors (Lipinski definition) is 2. The Kier molecular flexibility index (Phi) is 3.39. The minimum absolute atomic E-state index is 0.000738. The Morgan fingerprint density at radius 1 is 1.21 bits per heavy atom. The van der Waals surface area contributed by atoms with Gasteiger partial charge < -0.3 is 10.2 Å². The van der Waals surface area contributed by atoms with Crippen molar-refractivity contribution in [3.8, 4) is 11.5 Å². The third-order valence-electron chi connectivity index (χ3n) is 2.63. The highest BCUT2D eigenvalue weighted by molar-refractivity contribution is 5.52. The maximum absolute atomic E-state index is 9.58. The van der Waals surface area contributed by atoms with E-state index in [0.717, 1.165) is 30.4 Å². The highest BCUT2D eigenvalue weighted by Gasteiger charge is 2.11. The van der Waals surface area contributed by atoms with Gasteiger partial charge in [0.1, 0.15) is 0 Å². The average Bonchev–Trinajstić information content (AvgIpc) is 2.19. The van der Waals surface area contributed by atoms with Crippen LogP contribution in [0.5, 0.6) is 11.5 Å². The first kappa shape index (κ1) is 10.9. The van der Waals surface area contributed by atoms with E-state index < -0.39 is 0 Å². The monoisotopic (exact) mass is 194 g/mol. The third kappa shape index (κ3) is 1.84. The summed E-state index contributed by atoms with van der Waals surface area (Å²) in [4.78, 5) is 0. The fraction of sp³-hybridized carbons (Fsp3) is 0.500. The average molecular weight is 194 g/mol. The number of aromatic hydroxyl groups is 2. The van der Waals surface area contributed by atoms with Gasteiger partial charge in [0, 0.05) is 0 Å². The largest absolute Gasteiger partial charge is 0.504 e. The molecule has 2 N–H and O–H groups in total. The van der Waals surface area contributed by atoms with Crippen LogP contribution in [0.2, 0.25) is 0 Å². The van der Waals surface area contributed by atoms with Gasteiger partial charge in [-0.05, 0) is 42.5 Å². The predicted octanol–water partition coefficient (Wildman–Crippen LogP) is 2.92. The summed E-state index contributed by atoms with van der Waals surface area (Å²) in [5.41, 5.74) is 3.15. The molecule has 0 aliphatic carbocycles. The van der Waals surface area contributed by atoms with Gasteiger partial charge in [0.25, 0.3) is 0 Å². The van der Waals surface area contributed by atoms with Gasteiger partial charge >= 0.3 is 0 Å². The van der Waals surface area contributed by atoms with Crippen LogP contribution in [0.4, 0.5) is 0 Å². The number of benzene rings is 1. The Hall–Kier alpha value is -1.18. The van der Waals surface area contributed by atoms with E-state index in [9.17, 15) is 10.2 Å². The van der Waals surface area contributed by atoms with Crippen LogP contribution < -0.4 is 0 Å². The normalized spacial score (nSPS) is 10.5. The van der Waals surface area contributed by atoms with Crippen molar-refractivity contribution in [2.24, 2.45) is 0 Å². The van der Waals surface area contributed by atoms with Crippen molar-refractivity contribution in [1.82, 2.24) is 0 Å². The Balaban J connectivity index is 3.29. The molecule has 1 aromatic carbocycles. The van der Waals surface area contributed by atoms with E-state index in [1.54, 1.807) is 6.07 Å². The van der Waals surface area contributed by atoms with Crippen molar-refractivity contribution < 1.29 is 10.2 Å². The molecule has 0 saturated heterocycles. The Bertz CT molecular complexity index is 330. The second kappa shape index (κ2) is 4.36. The fourth-order valence-electron chi connectivity index (χ4n) is 1.81. The molecule has 0 aliphatic heterocycles. The van der Waals surface area contributed by atoms with Crippen molar-refractivity contribution in [3.63, 3.8) is 0 Å². The van der Waals surface area contributed by atoms with Crippen LogP contribution >= 0.6 is 0 Å². The zero-order valence-corrected chi connectivity index (χ0v) is 9.09. The number of phenols is 2. The van der Waals surface area contributed by atoms with E-state index >= 15 is 0 Å². The summed E-state index contributed by atoms with van der Waals surface area (Å²) >= 11 is 0. The van der Waals surface area contributed by atoms with E-state index in [1.165, 1.54) is 5.56 Å². The molecule has 14 heavy (non-hydrogen) atoms. The van der Waals surface area contributed by atoms with Crippen LogP contribution in [-0.4, -0.2) is 10.2 Å². The van der Waals surface area contributed by atoms with E-state index in [2.05, 4.69) is 13.8 Å².